The quantitative estimate of drug-likeness (QED) is 0.0994. The van der Waals surface area contributed by atoms with Gasteiger partial charge in [0.2, 0.25) is 5.82 Å². The first-order chi connectivity index (χ1) is 19.0. The molecule has 0 saturated heterocycles. The number of halogens is 9. The monoisotopic (exact) mass is 568 g/mol. The minimum Gasteiger partial charge on any atom is -0.206 e. The molecule has 0 aliphatic rings. The first kappa shape index (κ1) is 32.2. The lowest BCUT2D eigenvalue weighted by Gasteiger charge is -2.07. The van der Waals surface area contributed by atoms with Crippen LogP contribution in [0.15, 0.2) is 36.4 Å². The third-order valence-electron chi connectivity index (χ3n) is 5.53. The zero-order valence-electron chi connectivity index (χ0n) is 22.2. The maximum atomic E-state index is 14.2. The lowest BCUT2D eigenvalue weighted by atomic mass is 10.0. The average molecular weight is 569 g/mol. The van der Waals surface area contributed by atoms with Crippen LogP contribution < -0.4 is 0 Å². The van der Waals surface area contributed by atoms with Crippen LogP contribution in [0.25, 0.3) is 35.1 Å². The summed E-state index contributed by atoms with van der Waals surface area (Å²) >= 11 is 0. The Morgan fingerprint density at radius 3 is 1.12 bits per heavy atom. The van der Waals surface area contributed by atoms with Crippen molar-refractivity contribution in [3.8, 4) is 0 Å². The highest BCUT2D eigenvalue weighted by atomic mass is 19.2. The van der Waals surface area contributed by atoms with Gasteiger partial charge in [0.05, 0.1) is 5.56 Å². The number of benzene rings is 4. The Balaban J connectivity index is 0.00000134. The normalized spacial score (nSPS) is 11.1. The van der Waals surface area contributed by atoms with Crippen molar-refractivity contribution >= 4 is 35.1 Å². The van der Waals surface area contributed by atoms with Gasteiger partial charge in [0.1, 0.15) is 5.82 Å². The van der Waals surface area contributed by atoms with Crippen LogP contribution in [0.1, 0.15) is 55.5 Å². The van der Waals surface area contributed by atoms with Gasteiger partial charge in [0, 0.05) is 11.1 Å². The lowest BCUT2D eigenvalue weighted by Crippen LogP contribution is -2.03. The average Bonchev–Trinajstić information content (AvgIpc) is 2.99. The van der Waals surface area contributed by atoms with Gasteiger partial charge in [-0.3, -0.25) is 0 Å². The first-order valence-corrected chi connectivity index (χ1v) is 12.2. The summed E-state index contributed by atoms with van der Waals surface area (Å²) in [6.45, 7) is 8.98. The molecule has 0 atom stereocenters. The molecule has 0 aliphatic heterocycles. The Bertz CT molecular complexity index is 1410. The van der Waals surface area contributed by atoms with Crippen molar-refractivity contribution in [2.75, 3.05) is 0 Å². The molecule has 0 N–H and O–H groups in total. The molecule has 0 aromatic heterocycles. The van der Waals surface area contributed by atoms with Gasteiger partial charge in [-0.05, 0) is 53.1 Å². The summed E-state index contributed by atoms with van der Waals surface area (Å²) < 4.78 is 123. The molecule has 0 amide bonds. The maximum absolute atomic E-state index is 14.2. The fourth-order valence-electron chi connectivity index (χ4n) is 3.54. The van der Waals surface area contributed by atoms with Crippen molar-refractivity contribution in [2.45, 2.75) is 34.6 Å². The molecule has 0 fully saturated rings. The van der Waals surface area contributed by atoms with Crippen molar-refractivity contribution in [1.82, 2.24) is 0 Å². The van der Waals surface area contributed by atoms with Gasteiger partial charge in [0.15, 0.2) is 40.7 Å². The van der Waals surface area contributed by atoms with E-state index in [-0.39, 0.29) is 0 Å². The fraction of sp³-hybridized carbons (Fsp3) is 0.161. The van der Waals surface area contributed by atoms with Gasteiger partial charge in [-0.25, -0.2) is 39.5 Å². The highest BCUT2D eigenvalue weighted by molar-refractivity contribution is 5.88. The third kappa shape index (κ3) is 6.41. The van der Waals surface area contributed by atoms with Crippen molar-refractivity contribution < 1.29 is 39.5 Å². The topological polar surface area (TPSA) is 0 Å². The predicted molar refractivity (Wildman–Crippen MR) is 142 cm³/mol. The van der Waals surface area contributed by atoms with Gasteiger partial charge in [0.25, 0.3) is 0 Å². The largest absolute Gasteiger partial charge is 0.206 e. The van der Waals surface area contributed by atoms with Gasteiger partial charge < -0.3 is 0 Å². The van der Waals surface area contributed by atoms with E-state index in [1.165, 1.54) is 18.2 Å². The van der Waals surface area contributed by atoms with Gasteiger partial charge >= 0.3 is 0 Å². The smallest absolute Gasteiger partial charge is 0.200 e. The highest BCUT2D eigenvalue weighted by Gasteiger charge is 2.24. The fourth-order valence-corrected chi connectivity index (χ4v) is 3.54. The lowest BCUT2D eigenvalue weighted by molar-refractivity contribution is 0.377. The molecule has 0 bridgehead atoms. The van der Waals surface area contributed by atoms with Gasteiger partial charge in [-0.15, -0.1) is 0 Å². The van der Waals surface area contributed by atoms with E-state index in [1.807, 2.05) is 27.7 Å². The van der Waals surface area contributed by atoms with Crippen LogP contribution in [-0.2, 0) is 0 Å². The maximum Gasteiger partial charge on any atom is 0.200 e. The molecule has 0 unspecified atom stereocenters. The molecular weight excluding hydrogens is 543 g/mol. The van der Waals surface area contributed by atoms with E-state index in [1.54, 1.807) is 30.3 Å². The summed E-state index contributed by atoms with van der Waals surface area (Å²) in [4.78, 5) is 0. The van der Waals surface area contributed by atoms with Crippen molar-refractivity contribution in [2.24, 2.45) is 0 Å². The van der Waals surface area contributed by atoms with Crippen LogP contribution >= 0.6 is 0 Å². The predicted octanol–water partition coefficient (Wildman–Crippen LogP) is 10.8. The Morgan fingerprint density at radius 2 is 0.725 bits per heavy atom. The molecule has 0 saturated carbocycles. The molecule has 4 aromatic carbocycles. The van der Waals surface area contributed by atoms with Crippen LogP contribution in [0, 0.1) is 59.3 Å². The molecule has 9 heteroatoms. The van der Waals surface area contributed by atoms with E-state index in [4.69, 9.17) is 0 Å². The molecule has 212 valence electrons. The first-order valence-electron chi connectivity index (χ1n) is 12.2. The van der Waals surface area contributed by atoms with E-state index in [9.17, 15) is 39.5 Å². The second-order valence-electron chi connectivity index (χ2n) is 7.81. The molecule has 4 rings (SSSR count). The summed E-state index contributed by atoms with van der Waals surface area (Å²) in [5.74, 6) is -16.5. The molecule has 0 aliphatic carbocycles. The Labute approximate surface area is 226 Å². The highest BCUT2D eigenvalue weighted by Crippen LogP contribution is 2.27. The van der Waals surface area contributed by atoms with Crippen LogP contribution in [0.3, 0.4) is 0 Å². The Morgan fingerprint density at radius 1 is 0.400 bits per heavy atom. The van der Waals surface area contributed by atoms with E-state index in [0.29, 0.717) is 21.9 Å². The number of rotatable bonds is 4. The van der Waals surface area contributed by atoms with E-state index < -0.39 is 69.0 Å². The Kier molecular flexibility index (Phi) is 11.2. The molecule has 40 heavy (non-hydrogen) atoms. The molecular formula is C31H25F9. The molecule has 0 nitrogen and oxygen atoms in total. The molecule has 0 heterocycles. The van der Waals surface area contributed by atoms with Crippen LogP contribution in [-0.4, -0.2) is 0 Å². The number of fused-ring (bicyclic) bond motifs is 1. The standard InChI is InChI=1S/C27H13F9.2C2H6/c1-12-19(28)17(21(30)24(33)20(12)29)8-4-13-2-6-16-11-14(3-7-15(16)10-13)5-9-18-22(31)25(34)27(36)26(35)23(18)32;2*1-2/h2-11H,1H3;2*1-2H3. The number of hydrogen-bond acceptors (Lipinski definition) is 0. The van der Waals surface area contributed by atoms with Crippen molar-refractivity contribution in [3.63, 3.8) is 0 Å². The van der Waals surface area contributed by atoms with Crippen LogP contribution in [0.2, 0.25) is 0 Å². The van der Waals surface area contributed by atoms with Gasteiger partial charge in [-0.1, -0.05) is 64.1 Å². The minimum absolute atomic E-state index is 0.385. The van der Waals surface area contributed by atoms with Crippen molar-refractivity contribution in [1.29, 1.82) is 0 Å². The SMILES string of the molecule is CC.CC.Cc1c(F)c(F)c(F)c(C=Cc2ccc3cc(C=Cc4c(F)c(F)c(F)c(F)c4F)ccc3c2)c1F. The summed E-state index contributed by atoms with van der Waals surface area (Å²) in [5, 5.41) is 1.25. The van der Waals surface area contributed by atoms with Crippen molar-refractivity contribution in [3.05, 3.63) is 117 Å². The molecule has 4 aromatic rings. The minimum atomic E-state index is -2.25. The zero-order chi connectivity index (χ0) is 30.3. The van der Waals surface area contributed by atoms with Crippen LogP contribution in [0.5, 0.6) is 0 Å². The number of hydrogen-bond donors (Lipinski definition) is 0. The summed E-state index contributed by atoms with van der Waals surface area (Å²) in [6, 6.07) is 9.45. The third-order valence-corrected chi connectivity index (χ3v) is 5.53. The van der Waals surface area contributed by atoms with E-state index >= 15 is 0 Å². The second-order valence-corrected chi connectivity index (χ2v) is 7.81. The Hall–Kier alpha value is -4.01. The van der Waals surface area contributed by atoms with Crippen LogP contribution in [0.4, 0.5) is 39.5 Å². The van der Waals surface area contributed by atoms with E-state index in [2.05, 4.69) is 0 Å². The van der Waals surface area contributed by atoms with E-state index in [0.717, 1.165) is 19.1 Å². The van der Waals surface area contributed by atoms with Gasteiger partial charge in [-0.2, -0.15) is 0 Å². The summed E-state index contributed by atoms with van der Waals surface area (Å²) in [7, 11) is 0. The summed E-state index contributed by atoms with van der Waals surface area (Å²) in [6.07, 6.45) is 4.21. The zero-order valence-corrected chi connectivity index (χ0v) is 22.2. The second kappa shape index (κ2) is 13.9. The summed E-state index contributed by atoms with van der Waals surface area (Å²) in [5.41, 5.74) is -1.62. The molecule has 0 spiro atoms. The molecule has 0 radical (unpaired) electrons.